The summed E-state index contributed by atoms with van der Waals surface area (Å²) >= 11 is 0. The number of carbonyl (C=O) groups excluding carboxylic acids is 1. The van der Waals surface area contributed by atoms with Gasteiger partial charge in [0.1, 0.15) is 12.4 Å². The third-order valence-corrected chi connectivity index (χ3v) is 4.95. The molecule has 1 heterocycles. The summed E-state index contributed by atoms with van der Waals surface area (Å²) in [4.78, 5) is 12.8. The standard InChI is InChI=1S/C20H21N5O/c26-20(21-13-17-12-18(17)16-9-5-2-6-10-16)19(25-14-22-23-24-25)11-15-7-3-1-4-8-15/h1-10,14,17-19H,11-13H2,(H,21,26)/t17-,18-,19+/m0/s1. The number of nitrogens with zero attached hydrogens (tertiary/aromatic N) is 4. The Bertz CT molecular complexity index is 835. The number of benzene rings is 2. The highest BCUT2D eigenvalue weighted by Gasteiger charge is 2.38. The van der Waals surface area contributed by atoms with Crippen molar-refractivity contribution in [1.82, 2.24) is 25.5 Å². The molecule has 26 heavy (non-hydrogen) atoms. The summed E-state index contributed by atoms with van der Waals surface area (Å²) in [6, 6.07) is 20.0. The maximum atomic E-state index is 12.8. The van der Waals surface area contributed by atoms with Crippen LogP contribution in [-0.4, -0.2) is 32.7 Å². The first-order valence-electron chi connectivity index (χ1n) is 8.90. The van der Waals surface area contributed by atoms with Crippen LogP contribution in [0.15, 0.2) is 67.0 Å². The fraction of sp³-hybridized carbons (Fsp3) is 0.300. The van der Waals surface area contributed by atoms with Crippen LogP contribution in [0, 0.1) is 5.92 Å². The Morgan fingerprint density at radius 3 is 2.54 bits per heavy atom. The molecule has 1 aliphatic rings. The van der Waals surface area contributed by atoms with Crippen LogP contribution in [0.3, 0.4) is 0 Å². The highest BCUT2D eigenvalue weighted by Crippen LogP contribution is 2.46. The van der Waals surface area contributed by atoms with Crippen molar-refractivity contribution in [2.24, 2.45) is 5.92 Å². The normalized spacial score (nSPS) is 19.7. The zero-order valence-electron chi connectivity index (χ0n) is 14.4. The van der Waals surface area contributed by atoms with E-state index >= 15 is 0 Å². The highest BCUT2D eigenvalue weighted by atomic mass is 16.2. The molecule has 0 aliphatic heterocycles. The topological polar surface area (TPSA) is 72.7 Å². The number of carbonyl (C=O) groups is 1. The molecule has 3 aromatic rings. The average Bonchev–Trinajstić information content (AvgIpc) is 3.27. The molecule has 1 aromatic heterocycles. The molecule has 1 amide bonds. The molecule has 1 fully saturated rings. The van der Waals surface area contributed by atoms with Crippen LogP contribution in [0.4, 0.5) is 0 Å². The number of aromatic nitrogens is 4. The zero-order chi connectivity index (χ0) is 17.8. The summed E-state index contributed by atoms with van der Waals surface area (Å²) in [6.07, 6.45) is 3.18. The molecule has 0 radical (unpaired) electrons. The lowest BCUT2D eigenvalue weighted by atomic mass is 10.1. The molecule has 1 N–H and O–H groups in total. The SMILES string of the molecule is O=C(NC[C@@H]1C[C@H]1c1ccccc1)[C@@H](Cc1ccccc1)n1cnnn1. The summed E-state index contributed by atoms with van der Waals surface area (Å²) in [6.45, 7) is 0.686. The first-order chi connectivity index (χ1) is 12.8. The second-order valence-electron chi connectivity index (χ2n) is 6.75. The summed E-state index contributed by atoms with van der Waals surface area (Å²) in [7, 11) is 0. The lowest BCUT2D eigenvalue weighted by molar-refractivity contribution is -0.124. The monoisotopic (exact) mass is 347 g/mol. The number of hydrogen-bond donors (Lipinski definition) is 1. The van der Waals surface area contributed by atoms with Crippen molar-refractivity contribution in [3.63, 3.8) is 0 Å². The van der Waals surface area contributed by atoms with Gasteiger partial charge in [0.05, 0.1) is 0 Å². The molecule has 3 atom stereocenters. The van der Waals surface area contributed by atoms with Gasteiger partial charge in [-0.3, -0.25) is 4.79 Å². The summed E-state index contributed by atoms with van der Waals surface area (Å²) in [5.74, 6) is 1.02. The Hall–Kier alpha value is -3.02. The molecule has 6 heteroatoms. The predicted molar refractivity (Wildman–Crippen MR) is 97.3 cm³/mol. The van der Waals surface area contributed by atoms with Gasteiger partial charge in [-0.2, -0.15) is 0 Å². The van der Waals surface area contributed by atoms with Gasteiger partial charge in [-0.15, -0.1) is 5.10 Å². The molecule has 1 aliphatic carbocycles. The fourth-order valence-corrected chi connectivity index (χ4v) is 3.39. The number of amides is 1. The predicted octanol–water partition coefficient (Wildman–Crippen LogP) is 2.38. The van der Waals surface area contributed by atoms with E-state index in [-0.39, 0.29) is 5.91 Å². The largest absolute Gasteiger partial charge is 0.354 e. The Morgan fingerprint density at radius 1 is 1.12 bits per heavy atom. The van der Waals surface area contributed by atoms with E-state index in [0.29, 0.717) is 24.8 Å². The van der Waals surface area contributed by atoms with Crippen molar-refractivity contribution in [1.29, 1.82) is 0 Å². The number of hydrogen-bond acceptors (Lipinski definition) is 4. The number of nitrogens with one attached hydrogen (secondary N) is 1. The maximum absolute atomic E-state index is 12.8. The van der Waals surface area contributed by atoms with E-state index in [1.807, 2.05) is 36.4 Å². The first-order valence-corrected chi connectivity index (χ1v) is 8.90. The zero-order valence-corrected chi connectivity index (χ0v) is 14.4. The van der Waals surface area contributed by atoms with Gasteiger partial charge < -0.3 is 5.32 Å². The van der Waals surface area contributed by atoms with E-state index in [0.717, 1.165) is 12.0 Å². The van der Waals surface area contributed by atoms with Crippen molar-refractivity contribution in [3.05, 3.63) is 78.1 Å². The van der Waals surface area contributed by atoms with Gasteiger partial charge in [0, 0.05) is 13.0 Å². The molecule has 2 aromatic carbocycles. The summed E-state index contributed by atoms with van der Waals surface area (Å²) in [5.41, 5.74) is 2.43. The van der Waals surface area contributed by atoms with E-state index in [2.05, 4.69) is 45.1 Å². The van der Waals surface area contributed by atoms with Crippen LogP contribution in [0.25, 0.3) is 0 Å². The van der Waals surface area contributed by atoms with Gasteiger partial charge >= 0.3 is 0 Å². The van der Waals surface area contributed by atoms with Crippen molar-refractivity contribution in [2.75, 3.05) is 6.54 Å². The molecule has 0 saturated heterocycles. The molecule has 6 nitrogen and oxygen atoms in total. The van der Waals surface area contributed by atoms with Gasteiger partial charge in [-0.05, 0) is 39.8 Å². The van der Waals surface area contributed by atoms with E-state index in [1.54, 1.807) is 0 Å². The van der Waals surface area contributed by atoms with Crippen LogP contribution in [0.5, 0.6) is 0 Å². The molecule has 0 spiro atoms. The minimum atomic E-state index is -0.443. The molecule has 0 unspecified atom stereocenters. The second kappa shape index (κ2) is 7.47. The lowest BCUT2D eigenvalue weighted by Crippen LogP contribution is -2.35. The molecule has 0 bridgehead atoms. The quantitative estimate of drug-likeness (QED) is 0.712. The van der Waals surface area contributed by atoms with Crippen molar-refractivity contribution < 1.29 is 4.79 Å². The van der Waals surface area contributed by atoms with Crippen LogP contribution < -0.4 is 5.32 Å². The van der Waals surface area contributed by atoms with E-state index in [9.17, 15) is 4.79 Å². The second-order valence-corrected chi connectivity index (χ2v) is 6.75. The Morgan fingerprint density at radius 2 is 1.85 bits per heavy atom. The minimum Gasteiger partial charge on any atom is -0.354 e. The molecule has 4 rings (SSSR count). The van der Waals surface area contributed by atoms with Gasteiger partial charge in [0.15, 0.2) is 0 Å². The number of rotatable bonds is 7. The Labute approximate surface area is 152 Å². The van der Waals surface area contributed by atoms with Crippen LogP contribution in [-0.2, 0) is 11.2 Å². The molecular formula is C20H21N5O. The van der Waals surface area contributed by atoms with Gasteiger partial charge in [-0.25, -0.2) is 4.68 Å². The molecule has 1 saturated carbocycles. The van der Waals surface area contributed by atoms with Crippen molar-refractivity contribution in [2.45, 2.75) is 24.8 Å². The van der Waals surface area contributed by atoms with Gasteiger partial charge in [0.25, 0.3) is 0 Å². The van der Waals surface area contributed by atoms with Gasteiger partial charge in [-0.1, -0.05) is 60.7 Å². The first kappa shape index (κ1) is 16.4. The van der Waals surface area contributed by atoms with Crippen LogP contribution in [0.2, 0.25) is 0 Å². The summed E-state index contributed by atoms with van der Waals surface area (Å²) < 4.78 is 1.53. The van der Waals surface area contributed by atoms with E-state index in [1.165, 1.54) is 16.6 Å². The fourth-order valence-electron chi connectivity index (χ4n) is 3.39. The third kappa shape index (κ3) is 3.79. The van der Waals surface area contributed by atoms with E-state index in [4.69, 9.17) is 0 Å². The van der Waals surface area contributed by atoms with Crippen molar-refractivity contribution >= 4 is 5.91 Å². The van der Waals surface area contributed by atoms with E-state index < -0.39 is 6.04 Å². The smallest absolute Gasteiger partial charge is 0.245 e. The summed E-state index contributed by atoms with van der Waals surface area (Å²) in [5, 5.41) is 14.4. The number of tetrazole rings is 1. The Balaban J connectivity index is 1.38. The Kier molecular flexibility index (Phi) is 4.73. The lowest BCUT2D eigenvalue weighted by Gasteiger charge is -2.16. The van der Waals surface area contributed by atoms with Crippen LogP contribution >= 0.6 is 0 Å². The third-order valence-electron chi connectivity index (χ3n) is 4.95. The van der Waals surface area contributed by atoms with Crippen LogP contribution in [0.1, 0.15) is 29.5 Å². The average molecular weight is 347 g/mol. The maximum Gasteiger partial charge on any atom is 0.245 e. The highest BCUT2D eigenvalue weighted by molar-refractivity contribution is 5.80. The minimum absolute atomic E-state index is 0.0418. The molecular weight excluding hydrogens is 326 g/mol. The van der Waals surface area contributed by atoms with Gasteiger partial charge in [0.2, 0.25) is 5.91 Å². The van der Waals surface area contributed by atoms with Crippen molar-refractivity contribution in [3.8, 4) is 0 Å². The molecule has 132 valence electrons.